The fraction of sp³-hybridized carbons (Fsp3) is 0.238. The molecular formula is C21H18Cl2N4O4S. The maximum atomic E-state index is 12.5. The summed E-state index contributed by atoms with van der Waals surface area (Å²) in [6.45, 7) is 0.245. The van der Waals surface area contributed by atoms with Gasteiger partial charge in [-0.25, -0.2) is 0 Å². The van der Waals surface area contributed by atoms with Crippen molar-refractivity contribution >= 4 is 57.2 Å². The average Bonchev–Trinajstić information content (AvgIpc) is 3.39. The highest BCUT2D eigenvalue weighted by atomic mass is 35.5. The number of nitrogens with zero attached hydrogens (tertiary/aromatic N) is 3. The molecule has 166 valence electrons. The number of aromatic nitrogens is 2. The lowest BCUT2D eigenvalue weighted by atomic mass is 10.1. The summed E-state index contributed by atoms with van der Waals surface area (Å²) in [6, 6.07) is 12.1. The number of hydrogen-bond donors (Lipinski definition) is 1. The minimum atomic E-state index is -0.402. The molecule has 8 nitrogen and oxygen atoms in total. The number of carbonyl (C=O) groups is 2. The number of carbonyl (C=O) groups excluding carboxylic acids is 2. The Labute approximate surface area is 198 Å². The molecule has 11 heteroatoms. The summed E-state index contributed by atoms with van der Waals surface area (Å²) in [7, 11) is 1.59. The monoisotopic (exact) mass is 492 g/mol. The quantitative estimate of drug-likeness (QED) is 0.525. The summed E-state index contributed by atoms with van der Waals surface area (Å²) in [4.78, 5) is 26.4. The van der Waals surface area contributed by atoms with E-state index in [9.17, 15) is 9.59 Å². The number of halogens is 2. The van der Waals surface area contributed by atoms with E-state index in [1.54, 1.807) is 24.1 Å². The van der Waals surface area contributed by atoms with E-state index in [1.165, 1.54) is 17.4 Å². The van der Waals surface area contributed by atoms with E-state index in [0.29, 0.717) is 38.9 Å². The van der Waals surface area contributed by atoms with E-state index in [1.807, 2.05) is 24.3 Å². The largest absolute Gasteiger partial charge is 0.497 e. The van der Waals surface area contributed by atoms with Crippen LogP contribution >= 0.6 is 34.5 Å². The molecule has 1 N–H and O–H groups in total. The zero-order valence-electron chi connectivity index (χ0n) is 16.9. The van der Waals surface area contributed by atoms with Gasteiger partial charge < -0.3 is 14.4 Å². The van der Waals surface area contributed by atoms with Gasteiger partial charge in [-0.1, -0.05) is 34.5 Å². The summed E-state index contributed by atoms with van der Waals surface area (Å²) in [5.41, 5.74) is 0.800. The minimum Gasteiger partial charge on any atom is -0.497 e. The van der Waals surface area contributed by atoms with Gasteiger partial charge in [0.1, 0.15) is 16.5 Å². The molecule has 1 aromatic heterocycles. The van der Waals surface area contributed by atoms with Crippen LogP contribution in [0.25, 0.3) is 0 Å². The number of amides is 2. The molecule has 3 aromatic rings. The standard InChI is InChI=1S/C21H18Cl2N4O4S/c1-30-15-5-3-14(4-6-15)27-10-12(8-19(27)29)20-25-26-21(32-20)24-18(28)11-31-17-7-2-13(22)9-16(17)23/h2-7,9,12H,8,10-11H2,1H3,(H,24,26,28). The highest BCUT2D eigenvalue weighted by molar-refractivity contribution is 7.15. The molecule has 0 radical (unpaired) electrons. The molecule has 0 saturated carbocycles. The predicted octanol–water partition coefficient (Wildman–Crippen LogP) is 4.39. The molecule has 2 aromatic carbocycles. The second-order valence-corrected chi connectivity index (χ2v) is 8.81. The minimum absolute atomic E-state index is 0.00851. The van der Waals surface area contributed by atoms with Gasteiger partial charge in [0, 0.05) is 29.6 Å². The van der Waals surface area contributed by atoms with Crippen LogP contribution in [0, 0.1) is 0 Å². The Balaban J connectivity index is 1.34. The van der Waals surface area contributed by atoms with Crippen LogP contribution in [-0.2, 0) is 9.59 Å². The number of benzene rings is 2. The van der Waals surface area contributed by atoms with Gasteiger partial charge in [-0.05, 0) is 42.5 Å². The molecule has 4 rings (SSSR count). The van der Waals surface area contributed by atoms with Crippen LogP contribution in [0.15, 0.2) is 42.5 Å². The van der Waals surface area contributed by atoms with E-state index >= 15 is 0 Å². The molecule has 2 amide bonds. The summed E-state index contributed by atoms with van der Waals surface area (Å²) >= 11 is 13.1. The first-order chi connectivity index (χ1) is 15.4. The van der Waals surface area contributed by atoms with Crippen molar-refractivity contribution in [1.82, 2.24) is 10.2 Å². The predicted molar refractivity (Wildman–Crippen MR) is 123 cm³/mol. The number of anilines is 2. The third-order valence-corrected chi connectivity index (χ3v) is 6.33. The Bertz CT molecular complexity index is 1140. The van der Waals surface area contributed by atoms with Gasteiger partial charge >= 0.3 is 0 Å². The molecular weight excluding hydrogens is 475 g/mol. The molecule has 2 heterocycles. The number of methoxy groups -OCH3 is 1. The molecule has 0 spiro atoms. The zero-order valence-corrected chi connectivity index (χ0v) is 19.2. The van der Waals surface area contributed by atoms with Crippen molar-refractivity contribution in [1.29, 1.82) is 0 Å². The van der Waals surface area contributed by atoms with E-state index in [4.69, 9.17) is 32.7 Å². The molecule has 1 aliphatic rings. The summed E-state index contributed by atoms with van der Waals surface area (Å²) in [5, 5.41) is 12.7. The van der Waals surface area contributed by atoms with Gasteiger partial charge in [0.05, 0.1) is 12.1 Å². The molecule has 0 bridgehead atoms. The van der Waals surface area contributed by atoms with Gasteiger partial charge in [0.25, 0.3) is 5.91 Å². The first-order valence-electron chi connectivity index (χ1n) is 9.58. The Morgan fingerprint density at radius 1 is 1.22 bits per heavy atom. The van der Waals surface area contributed by atoms with Gasteiger partial charge in [-0.3, -0.25) is 14.9 Å². The van der Waals surface area contributed by atoms with Gasteiger partial charge in [-0.2, -0.15) is 0 Å². The first kappa shape index (κ1) is 22.3. The van der Waals surface area contributed by atoms with Crippen molar-refractivity contribution in [3.8, 4) is 11.5 Å². The lowest BCUT2D eigenvalue weighted by Crippen LogP contribution is -2.24. The van der Waals surface area contributed by atoms with Crippen molar-refractivity contribution in [2.45, 2.75) is 12.3 Å². The van der Waals surface area contributed by atoms with Crippen LogP contribution in [0.1, 0.15) is 17.3 Å². The maximum absolute atomic E-state index is 12.5. The van der Waals surface area contributed by atoms with Crippen LogP contribution in [0.4, 0.5) is 10.8 Å². The molecule has 1 fully saturated rings. The van der Waals surface area contributed by atoms with Gasteiger partial charge in [-0.15, -0.1) is 10.2 Å². The van der Waals surface area contributed by atoms with Crippen LogP contribution in [0.3, 0.4) is 0 Å². The van der Waals surface area contributed by atoms with Crippen LogP contribution in [-0.4, -0.2) is 42.3 Å². The van der Waals surface area contributed by atoms with E-state index in [-0.39, 0.29) is 18.4 Å². The summed E-state index contributed by atoms with van der Waals surface area (Å²) in [6.07, 6.45) is 0.326. The first-order valence-corrected chi connectivity index (χ1v) is 11.2. The fourth-order valence-corrected chi connectivity index (χ4v) is 4.54. The average molecular weight is 493 g/mol. The Hall–Kier alpha value is -2.88. The number of rotatable bonds is 7. The van der Waals surface area contributed by atoms with Crippen molar-refractivity contribution < 1.29 is 19.1 Å². The van der Waals surface area contributed by atoms with Crippen molar-refractivity contribution in [3.63, 3.8) is 0 Å². The lowest BCUT2D eigenvalue weighted by Gasteiger charge is -2.16. The second kappa shape index (κ2) is 9.72. The van der Waals surface area contributed by atoms with Crippen LogP contribution < -0.4 is 19.7 Å². The summed E-state index contributed by atoms with van der Waals surface area (Å²) in [5.74, 6) is 0.586. The van der Waals surface area contributed by atoms with E-state index in [0.717, 1.165) is 11.4 Å². The lowest BCUT2D eigenvalue weighted by molar-refractivity contribution is -0.118. The molecule has 1 unspecified atom stereocenters. The fourth-order valence-electron chi connectivity index (χ4n) is 3.23. The Morgan fingerprint density at radius 3 is 2.72 bits per heavy atom. The highest BCUT2D eigenvalue weighted by Gasteiger charge is 2.34. The highest BCUT2D eigenvalue weighted by Crippen LogP contribution is 2.35. The molecule has 1 saturated heterocycles. The maximum Gasteiger partial charge on any atom is 0.264 e. The molecule has 0 aliphatic carbocycles. The van der Waals surface area contributed by atoms with Gasteiger partial charge in [0.15, 0.2) is 6.61 Å². The SMILES string of the molecule is COc1ccc(N2CC(c3nnc(NC(=O)COc4ccc(Cl)cc4Cl)s3)CC2=O)cc1. The van der Waals surface area contributed by atoms with Gasteiger partial charge in [0.2, 0.25) is 11.0 Å². The van der Waals surface area contributed by atoms with Crippen LogP contribution in [0.5, 0.6) is 11.5 Å². The van der Waals surface area contributed by atoms with Crippen molar-refractivity contribution in [3.05, 3.63) is 57.5 Å². The third-order valence-electron chi connectivity index (χ3n) is 4.80. The smallest absolute Gasteiger partial charge is 0.264 e. The van der Waals surface area contributed by atoms with Crippen molar-refractivity contribution in [2.75, 3.05) is 30.5 Å². The number of ether oxygens (including phenoxy) is 2. The van der Waals surface area contributed by atoms with Crippen molar-refractivity contribution in [2.24, 2.45) is 0 Å². The normalized spacial score (nSPS) is 15.7. The van der Waals surface area contributed by atoms with E-state index in [2.05, 4.69) is 15.5 Å². The third kappa shape index (κ3) is 5.12. The summed E-state index contributed by atoms with van der Waals surface area (Å²) < 4.78 is 10.6. The number of hydrogen-bond acceptors (Lipinski definition) is 7. The zero-order chi connectivity index (χ0) is 22.7. The topological polar surface area (TPSA) is 93.7 Å². The molecule has 32 heavy (non-hydrogen) atoms. The van der Waals surface area contributed by atoms with Crippen LogP contribution in [0.2, 0.25) is 10.0 Å². The Kier molecular flexibility index (Phi) is 6.78. The second-order valence-electron chi connectivity index (χ2n) is 6.96. The van der Waals surface area contributed by atoms with E-state index < -0.39 is 5.91 Å². The molecule has 1 aliphatic heterocycles. The number of nitrogens with one attached hydrogen (secondary N) is 1. The Morgan fingerprint density at radius 2 is 2.00 bits per heavy atom. The molecule has 1 atom stereocenters.